The predicted molar refractivity (Wildman–Crippen MR) is 44.4 cm³/mol. The van der Waals surface area contributed by atoms with Gasteiger partial charge in [-0.15, -0.1) is 0 Å². The Morgan fingerprint density at radius 3 is 3.00 bits per heavy atom. The Balaban J connectivity index is 2.71. The molecule has 0 amide bonds. The summed E-state index contributed by atoms with van der Waals surface area (Å²) in [6, 6.07) is 0. The van der Waals surface area contributed by atoms with Crippen LogP contribution in [0.25, 0.3) is 0 Å². The van der Waals surface area contributed by atoms with Crippen LogP contribution in [0.5, 0.6) is 0 Å². The second-order valence-corrected chi connectivity index (χ2v) is 2.28. The summed E-state index contributed by atoms with van der Waals surface area (Å²) in [5, 5.41) is 7.41. The van der Waals surface area contributed by atoms with Gasteiger partial charge in [0.15, 0.2) is 0 Å². The molecule has 1 aliphatic rings. The molecule has 1 rings (SSSR count). The topological polar surface area (TPSA) is 23.9 Å². The van der Waals surface area contributed by atoms with Crippen molar-refractivity contribution in [2.24, 2.45) is 0 Å². The lowest BCUT2D eigenvalue weighted by molar-refractivity contribution is 1.00. The summed E-state index contributed by atoms with van der Waals surface area (Å²) in [4.78, 5) is 0. The summed E-state index contributed by atoms with van der Waals surface area (Å²) >= 11 is 0. The van der Waals surface area contributed by atoms with Crippen LogP contribution in [0.1, 0.15) is 12.8 Å². The van der Waals surface area contributed by atoms with Crippen LogP contribution in [0.3, 0.4) is 0 Å². The van der Waals surface area contributed by atoms with Gasteiger partial charge in [-0.3, -0.25) is 0 Å². The van der Waals surface area contributed by atoms with Gasteiger partial charge in [-0.1, -0.05) is 24.8 Å². The maximum Gasteiger partial charge on any atom is 0.0566 e. The van der Waals surface area contributed by atoms with Crippen LogP contribution in [-0.4, -0.2) is 5.71 Å². The van der Waals surface area contributed by atoms with E-state index in [0.29, 0.717) is 5.71 Å². The Morgan fingerprint density at radius 1 is 1.70 bits per heavy atom. The molecule has 1 N–H and O–H groups in total. The smallest absolute Gasteiger partial charge is 0.0566 e. The zero-order chi connectivity index (χ0) is 7.40. The molecular weight excluding hydrogens is 122 g/mol. The van der Waals surface area contributed by atoms with Crippen LogP contribution in [0.2, 0.25) is 0 Å². The fourth-order valence-corrected chi connectivity index (χ4v) is 0.958. The van der Waals surface area contributed by atoms with Crippen LogP contribution in [0, 0.1) is 5.41 Å². The van der Waals surface area contributed by atoms with Crippen LogP contribution < -0.4 is 0 Å². The summed E-state index contributed by atoms with van der Waals surface area (Å²) < 4.78 is 0. The molecule has 0 fully saturated rings. The third kappa shape index (κ3) is 1.44. The predicted octanol–water partition coefficient (Wildman–Crippen LogP) is 2.47. The number of nitrogens with one attached hydrogen (secondary N) is 1. The normalized spacial score (nSPS) is 16.2. The van der Waals surface area contributed by atoms with E-state index >= 15 is 0 Å². The van der Waals surface area contributed by atoms with Crippen LogP contribution in [0.15, 0.2) is 36.5 Å². The van der Waals surface area contributed by atoms with E-state index in [-0.39, 0.29) is 0 Å². The Morgan fingerprint density at radius 2 is 2.50 bits per heavy atom. The molecule has 0 atom stereocenters. The maximum atomic E-state index is 7.41. The fourth-order valence-electron chi connectivity index (χ4n) is 0.958. The average molecular weight is 133 g/mol. The highest BCUT2D eigenvalue weighted by atomic mass is 14.4. The molecule has 0 saturated carbocycles. The average Bonchev–Trinajstić information content (AvgIpc) is 2.05. The van der Waals surface area contributed by atoms with E-state index in [1.807, 2.05) is 12.2 Å². The van der Waals surface area contributed by atoms with Gasteiger partial charge in [0.05, 0.1) is 5.71 Å². The molecule has 0 aromatic rings. The van der Waals surface area contributed by atoms with E-state index < -0.39 is 0 Å². The first-order chi connectivity index (χ1) is 4.84. The van der Waals surface area contributed by atoms with Crippen molar-refractivity contribution in [3.05, 3.63) is 36.5 Å². The minimum absolute atomic E-state index is 0.560. The minimum Gasteiger partial charge on any atom is -0.301 e. The second-order valence-electron chi connectivity index (χ2n) is 2.28. The molecule has 0 heterocycles. The van der Waals surface area contributed by atoms with E-state index in [1.54, 1.807) is 6.08 Å². The fraction of sp³-hybridized carbons (Fsp3) is 0.222. The molecule has 0 aliphatic heterocycles. The molecule has 0 aromatic carbocycles. The van der Waals surface area contributed by atoms with Crippen molar-refractivity contribution >= 4 is 5.71 Å². The van der Waals surface area contributed by atoms with Crippen molar-refractivity contribution in [3.63, 3.8) is 0 Å². The Bertz CT molecular complexity index is 209. The summed E-state index contributed by atoms with van der Waals surface area (Å²) in [7, 11) is 0. The number of hydrogen-bond acceptors (Lipinski definition) is 1. The zero-order valence-corrected chi connectivity index (χ0v) is 5.93. The van der Waals surface area contributed by atoms with E-state index in [1.165, 1.54) is 0 Å². The van der Waals surface area contributed by atoms with Crippen molar-refractivity contribution < 1.29 is 0 Å². The Kier molecular flexibility index (Phi) is 2.21. The van der Waals surface area contributed by atoms with Crippen LogP contribution in [0.4, 0.5) is 0 Å². The molecule has 0 unspecified atom stereocenters. The Labute approximate surface area is 61.3 Å². The summed E-state index contributed by atoms with van der Waals surface area (Å²) in [6.07, 6.45) is 9.72. The zero-order valence-electron chi connectivity index (χ0n) is 5.93. The lowest BCUT2D eigenvalue weighted by atomic mass is 10.0. The number of rotatable bonds is 2. The SMILES string of the molecule is C=CC(=N)C1=CC=CCC1. The van der Waals surface area contributed by atoms with Crippen molar-refractivity contribution in [1.82, 2.24) is 0 Å². The van der Waals surface area contributed by atoms with Gasteiger partial charge in [0.1, 0.15) is 0 Å². The van der Waals surface area contributed by atoms with Crippen molar-refractivity contribution in [2.45, 2.75) is 12.8 Å². The molecule has 0 aromatic heterocycles. The van der Waals surface area contributed by atoms with Gasteiger partial charge in [-0.2, -0.15) is 0 Å². The lowest BCUT2D eigenvalue weighted by Crippen LogP contribution is -1.98. The summed E-state index contributed by atoms with van der Waals surface area (Å²) in [5.74, 6) is 0. The summed E-state index contributed by atoms with van der Waals surface area (Å²) in [5.41, 5.74) is 1.65. The molecule has 0 radical (unpaired) electrons. The van der Waals surface area contributed by atoms with Crippen molar-refractivity contribution in [1.29, 1.82) is 5.41 Å². The third-order valence-electron chi connectivity index (χ3n) is 1.56. The highest BCUT2D eigenvalue weighted by Gasteiger charge is 2.01. The third-order valence-corrected chi connectivity index (χ3v) is 1.56. The van der Waals surface area contributed by atoms with Gasteiger partial charge in [0, 0.05) is 0 Å². The molecule has 1 heteroatoms. The highest BCUT2D eigenvalue weighted by molar-refractivity contribution is 6.06. The first-order valence-corrected chi connectivity index (χ1v) is 3.41. The molecule has 0 saturated heterocycles. The van der Waals surface area contributed by atoms with Crippen LogP contribution >= 0.6 is 0 Å². The first kappa shape index (κ1) is 7.00. The van der Waals surface area contributed by atoms with Gasteiger partial charge >= 0.3 is 0 Å². The maximum absolute atomic E-state index is 7.41. The minimum atomic E-state index is 0.560. The summed E-state index contributed by atoms with van der Waals surface area (Å²) in [6.45, 7) is 3.55. The quantitative estimate of drug-likeness (QED) is 0.559. The van der Waals surface area contributed by atoms with E-state index in [2.05, 4.69) is 12.7 Å². The number of hydrogen-bond donors (Lipinski definition) is 1. The van der Waals surface area contributed by atoms with Gasteiger partial charge in [-0.05, 0) is 24.5 Å². The molecule has 1 aliphatic carbocycles. The lowest BCUT2D eigenvalue weighted by Gasteiger charge is -2.05. The highest BCUT2D eigenvalue weighted by Crippen LogP contribution is 2.12. The van der Waals surface area contributed by atoms with Gasteiger partial charge in [0.25, 0.3) is 0 Å². The van der Waals surface area contributed by atoms with Crippen molar-refractivity contribution in [3.8, 4) is 0 Å². The van der Waals surface area contributed by atoms with E-state index in [4.69, 9.17) is 5.41 Å². The standard InChI is InChI=1S/C9H11N/c1-2-9(10)8-6-4-3-5-7-8/h2-4,6,10H,1,5,7H2. The number of allylic oxidation sites excluding steroid dienone is 5. The van der Waals surface area contributed by atoms with Gasteiger partial charge < -0.3 is 5.41 Å². The monoisotopic (exact) mass is 133 g/mol. The molecule has 0 spiro atoms. The molecule has 0 bridgehead atoms. The van der Waals surface area contributed by atoms with Gasteiger partial charge in [-0.25, -0.2) is 0 Å². The van der Waals surface area contributed by atoms with Crippen molar-refractivity contribution in [2.75, 3.05) is 0 Å². The van der Waals surface area contributed by atoms with E-state index in [0.717, 1.165) is 18.4 Å². The molecule has 1 nitrogen and oxygen atoms in total. The molecular formula is C9H11N. The Hall–Kier alpha value is -1.11. The largest absolute Gasteiger partial charge is 0.301 e. The van der Waals surface area contributed by atoms with Crippen LogP contribution in [-0.2, 0) is 0 Å². The van der Waals surface area contributed by atoms with Gasteiger partial charge in [0.2, 0.25) is 0 Å². The first-order valence-electron chi connectivity index (χ1n) is 3.41. The molecule has 10 heavy (non-hydrogen) atoms. The second kappa shape index (κ2) is 3.16. The van der Waals surface area contributed by atoms with E-state index in [9.17, 15) is 0 Å². The molecule has 52 valence electrons.